The second-order valence-electron chi connectivity index (χ2n) is 5.69. The van der Waals surface area contributed by atoms with Crippen molar-refractivity contribution in [3.05, 3.63) is 49.1 Å². The van der Waals surface area contributed by atoms with E-state index in [1.165, 1.54) is 0 Å². The highest BCUT2D eigenvalue weighted by atomic mass is 16.6. The van der Waals surface area contributed by atoms with Crippen molar-refractivity contribution in [1.29, 1.82) is 0 Å². The van der Waals surface area contributed by atoms with Crippen molar-refractivity contribution in [2.24, 2.45) is 0 Å². The van der Waals surface area contributed by atoms with Crippen LogP contribution in [0.5, 0.6) is 0 Å². The molecule has 0 radical (unpaired) electrons. The number of esters is 3. The summed E-state index contributed by atoms with van der Waals surface area (Å²) < 4.78 is 18.9. The van der Waals surface area contributed by atoms with E-state index in [9.17, 15) is 14.4 Å². The molecule has 0 N–H and O–H groups in total. The number of carbonyl (C=O) groups excluding carboxylic acids is 3. The molecule has 0 aliphatic carbocycles. The number of rotatable bonds is 9. The first-order valence-electron chi connectivity index (χ1n) is 8.81. The zero-order valence-electron chi connectivity index (χ0n) is 17.4. The van der Waals surface area contributed by atoms with Gasteiger partial charge in [0, 0.05) is 11.1 Å². The molecule has 7 heteroatoms. The number of allylic oxidation sites excluding steroid dienone is 2. The van der Waals surface area contributed by atoms with Gasteiger partial charge in [0.05, 0.1) is 26.2 Å². The van der Waals surface area contributed by atoms with E-state index in [1.54, 1.807) is 26.8 Å². The van der Waals surface area contributed by atoms with Crippen LogP contribution in [0.4, 0.5) is 0 Å². The molecule has 0 bridgehead atoms. The fraction of sp³-hybridized carbons (Fsp3) is 0.476. The molecule has 1 saturated heterocycles. The maximum absolute atomic E-state index is 11.0. The van der Waals surface area contributed by atoms with Crippen LogP contribution in [-0.4, -0.2) is 50.4 Å². The molecule has 0 saturated carbocycles. The lowest BCUT2D eigenvalue weighted by atomic mass is 10.2. The maximum Gasteiger partial charge on any atom is 0.333 e. The molecule has 0 aromatic carbocycles. The summed E-state index contributed by atoms with van der Waals surface area (Å²) in [7, 11) is 0. The first kappa shape index (κ1) is 27.5. The van der Waals surface area contributed by atoms with Crippen LogP contribution >= 0.6 is 0 Å². The van der Waals surface area contributed by atoms with Crippen LogP contribution in [0, 0.1) is 0 Å². The van der Waals surface area contributed by atoms with Gasteiger partial charge in [-0.05, 0) is 27.7 Å². The summed E-state index contributed by atoms with van der Waals surface area (Å²) in [5.74, 6) is -1.34. The van der Waals surface area contributed by atoms with Crippen molar-refractivity contribution in [2.75, 3.05) is 26.4 Å². The van der Waals surface area contributed by atoms with Gasteiger partial charge in [-0.15, -0.1) is 0 Å². The lowest BCUT2D eigenvalue weighted by Crippen LogP contribution is -2.12. The fourth-order valence-corrected chi connectivity index (χ4v) is 1.15. The van der Waals surface area contributed by atoms with Gasteiger partial charge in [-0.25, -0.2) is 9.59 Å². The summed E-state index contributed by atoms with van der Waals surface area (Å²) in [6.07, 6.45) is 1.76. The topological polar surface area (TPSA) is 91.4 Å². The predicted octanol–water partition coefficient (Wildman–Crippen LogP) is 3.31. The van der Waals surface area contributed by atoms with Crippen molar-refractivity contribution in [3.8, 4) is 0 Å². The van der Waals surface area contributed by atoms with Gasteiger partial charge in [0.2, 0.25) is 0 Å². The first-order chi connectivity index (χ1) is 13.1. The average Bonchev–Trinajstić information content (AvgIpc) is 3.45. The smallest absolute Gasteiger partial charge is 0.333 e. The van der Waals surface area contributed by atoms with Crippen LogP contribution in [0.1, 0.15) is 34.1 Å². The van der Waals surface area contributed by atoms with Gasteiger partial charge in [-0.2, -0.15) is 0 Å². The molecule has 1 heterocycles. The largest absolute Gasteiger partial charge is 0.466 e. The van der Waals surface area contributed by atoms with E-state index < -0.39 is 11.9 Å². The molecular formula is C21H32O7. The van der Waals surface area contributed by atoms with Gasteiger partial charge < -0.3 is 18.9 Å². The minimum atomic E-state index is -0.546. The molecule has 1 unspecified atom stereocenters. The van der Waals surface area contributed by atoms with Gasteiger partial charge in [0.25, 0.3) is 0 Å². The van der Waals surface area contributed by atoms with E-state index >= 15 is 0 Å². The molecular weight excluding hydrogens is 364 g/mol. The Morgan fingerprint density at radius 1 is 1.00 bits per heavy atom. The SMILES string of the molecule is C=C(C)C(=O)OCC1CO1.C=C(CC(=O)OCC)C(=O)OCC.C=CC(=C)C. The number of hydrogen-bond acceptors (Lipinski definition) is 7. The van der Waals surface area contributed by atoms with E-state index in [-0.39, 0.29) is 30.7 Å². The minimum absolute atomic E-state index is 0.104. The third-order valence-electron chi connectivity index (χ3n) is 2.73. The standard InChI is InChI=1S/C9H14O4.C7H10O3.C5H8/c1-4-12-8(10)6-7(3)9(11)13-5-2;1-5(2)7(8)10-4-6-3-9-6;1-4-5(2)3/h3-6H2,1-2H3;6H,1,3-4H2,2H3;4H,1-2H2,3H3. The molecule has 1 aliphatic heterocycles. The molecule has 0 amide bonds. The highest BCUT2D eigenvalue weighted by Crippen LogP contribution is 2.09. The summed E-state index contributed by atoms with van der Waals surface area (Å²) >= 11 is 0. The molecule has 0 spiro atoms. The van der Waals surface area contributed by atoms with E-state index in [0.29, 0.717) is 25.4 Å². The molecule has 0 aromatic rings. The normalized spacial score (nSPS) is 13.2. The number of carbonyl (C=O) groups is 3. The third kappa shape index (κ3) is 18.1. The van der Waals surface area contributed by atoms with Crippen LogP contribution in [-0.2, 0) is 33.3 Å². The Bertz CT molecular complexity index is 571. The fourth-order valence-electron chi connectivity index (χ4n) is 1.15. The summed E-state index contributed by atoms with van der Waals surface area (Å²) in [5.41, 5.74) is 1.57. The van der Waals surface area contributed by atoms with Crippen LogP contribution in [0.2, 0.25) is 0 Å². The van der Waals surface area contributed by atoms with Crippen molar-refractivity contribution in [1.82, 2.24) is 0 Å². The van der Waals surface area contributed by atoms with E-state index in [1.807, 2.05) is 6.92 Å². The predicted molar refractivity (Wildman–Crippen MR) is 108 cm³/mol. The monoisotopic (exact) mass is 396 g/mol. The number of ether oxygens (including phenoxy) is 4. The zero-order chi connectivity index (χ0) is 22.1. The number of epoxide rings is 1. The zero-order valence-corrected chi connectivity index (χ0v) is 17.4. The summed E-state index contributed by atoms with van der Waals surface area (Å²) in [6.45, 7) is 22.5. The van der Waals surface area contributed by atoms with Crippen molar-refractivity contribution < 1.29 is 33.3 Å². The van der Waals surface area contributed by atoms with Crippen LogP contribution < -0.4 is 0 Å². The molecule has 158 valence electrons. The Hall–Kier alpha value is -2.67. The highest BCUT2D eigenvalue weighted by molar-refractivity contribution is 5.93. The Morgan fingerprint density at radius 2 is 1.50 bits per heavy atom. The lowest BCUT2D eigenvalue weighted by Gasteiger charge is -2.04. The Balaban J connectivity index is 0. The Morgan fingerprint density at radius 3 is 1.86 bits per heavy atom. The van der Waals surface area contributed by atoms with Gasteiger partial charge in [-0.3, -0.25) is 4.79 Å². The van der Waals surface area contributed by atoms with E-state index in [4.69, 9.17) is 9.47 Å². The van der Waals surface area contributed by atoms with Crippen molar-refractivity contribution >= 4 is 17.9 Å². The summed E-state index contributed by atoms with van der Waals surface area (Å²) in [6, 6.07) is 0. The van der Waals surface area contributed by atoms with E-state index in [2.05, 4.69) is 35.8 Å². The summed E-state index contributed by atoms with van der Waals surface area (Å²) in [4.78, 5) is 32.5. The van der Waals surface area contributed by atoms with E-state index in [0.717, 1.165) is 5.57 Å². The van der Waals surface area contributed by atoms with Crippen molar-refractivity contribution in [2.45, 2.75) is 40.2 Å². The quantitative estimate of drug-likeness (QED) is 0.194. The average molecular weight is 396 g/mol. The van der Waals surface area contributed by atoms with Crippen LogP contribution in [0.3, 0.4) is 0 Å². The lowest BCUT2D eigenvalue weighted by molar-refractivity contribution is -0.145. The van der Waals surface area contributed by atoms with Gasteiger partial charge in [0.1, 0.15) is 12.7 Å². The maximum atomic E-state index is 11.0. The van der Waals surface area contributed by atoms with Gasteiger partial charge in [0.15, 0.2) is 0 Å². The number of hydrogen-bond donors (Lipinski definition) is 0. The van der Waals surface area contributed by atoms with Gasteiger partial charge in [-0.1, -0.05) is 38.0 Å². The molecule has 1 fully saturated rings. The molecule has 1 rings (SSSR count). The molecule has 1 aliphatic rings. The molecule has 1 atom stereocenters. The third-order valence-corrected chi connectivity index (χ3v) is 2.73. The summed E-state index contributed by atoms with van der Waals surface area (Å²) in [5, 5.41) is 0. The first-order valence-corrected chi connectivity index (χ1v) is 8.81. The highest BCUT2D eigenvalue weighted by Gasteiger charge is 2.24. The van der Waals surface area contributed by atoms with Crippen molar-refractivity contribution in [3.63, 3.8) is 0 Å². The van der Waals surface area contributed by atoms with Crippen LogP contribution in [0.25, 0.3) is 0 Å². The molecule has 7 nitrogen and oxygen atoms in total. The van der Waals surface area contributed by atoms with Crippen LogP contribution in [0.15, 0.2) is 49.1 Å². The molecule has 28 heavy (non-hydrogen) atoms. The minimum Gasteiger partial charge on any atom is -0.466 e. The second-order valence-corrected chi connectivity index (χ2v) is 5.69. The molecule has 0 aromatic heterocycles. The Labute approximate surface area is 167 Å². The Kier molecular flexibility index (Phi) is 16.2. The second kappa shape index (κ2) is 16.5. The van der Waals surface area contributed by atoms with Gasteiger partial charge >= 0.3 is 17.9 Å².